The van der Waals surface area contributed by atoms with Gasteiger partial charge in [-0.25, -0.2) is 4.98 Å². The molecule has 1 aromatic carbocycles. The van der Waals surface area contributed by atoms with Gasteiger partial charge in [0.1, 0.15) is 10.0 Å². The molecule has 0 aliphatic rings. The molecule has 0 radical (unpaired) electrons. The minimum absolute atomic E-state index is 0.233. The second-order valence-corrected chi connectivity index (χ2v) is 8.59. The summed E-state index contributed by atoms with van der Waals surface area (Å²) < 4.78 is 2.42. The maximum Gasteiger partial charge on any atom is 0.274 e. The largest absolute Gasteiger partial charge is 0.339 e. The number of hydrogen-bond donors (Lipinski definition) is 1. The van der Waals surface area contributed by atoms with Crippen LogP contribution in [-0.4, -0.2) is 15.5 Å². The van der Waals surface area contributed by atoms with Crippen molar-refractivity contribution < 1.29 is 4.79 Å². The molecule has 0 atom stereocenters. The van der Waals surface area contributed by atoms with Gasteiger partial charge >= 0.3 is 0 Å². The minimum atomic E-state index is -0.233. The van der Waals surface area contributed by atoms with Crippen LogP contribution >= 0.6 is 46.1 Å². The Morgan fingerprint density at radius 1 is 1.23 bits per heavy atom. The van der Waals surface area contributed by atoms with Gasteiger partial charge in [-0.05, 0) is 35.2 Å². The minimum Gasteiger partial charge on any atom is -0.339 e. The maximum absolute atomic E-state index is 12.7. The predicted octanol–water partition coefficient (Wildman–Crippen LogP) is 6.33. The summed E-state index contributed by atoms with van der Waals surface area (Å²) in [7, 11) is 0. The molecule has 0 spiro atoms. The number of carbonyl (C=O) groups excluding carboxylic acids is 1. The van der Waals surface area contributed by atoms with Crippen LogP contribution in [0, 0.1) is 0 Å². The van der Waals surface area contributed by atoms with E-state index in [1.54, 1.807) is 12.1 Å². The zero-order valence-corrected chi connectivity index (χ0v) is 17.2. The second kappa shape index (κ2) is 8.01. The van der Waals surface area contributed by atoms with Crippen molar-refractivity contribution in [1.82, 2.24) is 9.55 Å². The van der Waals surface area contributed by atoms with Gasteiger partial charge in [-0.15, -0.1) is 0 Å². The average molecular weight is 429 g/mol. The second-order valence-electron chi connectivity index (χ2n) is 6.11. The summed E-state index contributed by atoms with van der Waals surface area (Å²) in [4.78, 5) is 16.8. The van der Waals surface area contributed by atoms with Gasteiger partial charge in [0.25, 0.3) is 5.91 Å². The van der Waals surface area contributed by atoms with E-state index in [2.05, 4.69) is 24.1 Å². The van der Waals surface area contributed by atoms with E-state index >= 15 is 0 Å². The molecule has 0 aliphatic heterocycles. The third-order valence-electron chi connectivity index (χ3n) is 3.85. The van der Waals surface area contributed by atoms with Crippen LogP contribution in [0.1, 0.15) is 41.4 Å². The van der Waals surface area contributed by atoms with Gasteiger partial charge < -0.3 is 4.57 Å². The van der Waals surface area contributed by atoms with Gasteiger partial charge in [-0.1, -0.05) is 66.1 Å². The van der Waals surface area contributed by atoms with Crippen LogP contribution in [0.25, 0.3) is 0 Å². The SMILES string of the molecule is CC(C)c1cc(C(=O)Nc2ncc(Cl)s2)n(Cc2ccc(Cl)c(Cl)c2)c1. The highest BCUT2D eigenvalue weighted by Crippen LogP contribution is 2.26. The maximum atomic E-state index is 12.7. The molecule has 2 aromatic heterocycles. The van der Waals surface area contributed by atoms with E-state index in [-0.39, 0.29) is 5.91 Å². The van der Waals surface area contributed by atoms with Crippen LogP contribution in [0.2, 0.25) is 14.4 Å². The number of carbonyl (C=O) groups is 1. The van der Waals surface area contributed by atoms with Crippen molar-refractivity contribution in [1.29, 1.82) is 0 Å². The van der Waals surface area contributed by atoms with Crippen LogP contribution in [0.4, 0.5) is 5.13 Å². The summed E-state index contributed by atoms with van der Waals surface area (Å²) >= 11 is 19.2. The Kier molecular flexibility index (Phi) is 5.92. The monoisotopic (exact) mass is 427 g/mol. The first kappa shape index (κ1) is 19.2. The highest BCUT2D eigenvalue weighted by molar-refractivity contribution is 7.19. The fraction of sp³-hybridized carbons (Fsp3) is 0.222. The number of aromatic nitrogens is 2. The van der Waals surface area contributed by atoms with Crippen LogP contribution in [0.15, 0.2) is 36.7 Å². The number of hydrogen-bond acceptors (Lipinski definition) is 3. The van der Waals surface area contributed by atoms with Gasteiger partial charge in [-0.3, -0.25) is 10.1 Å². The lowest BCUT2D eigenvalue weighted by molar-refractivity contribution is 0.101. The summed E-state index contributed by atoms with van der Waals surface area (Å²) in [5, 5.41) is 4.25. The van der Waals surface area contributed by atoms with Crippen molar-refractivity contribution in [3.05, 3.63) is 67.9 Å². The Morgan fingerprint density at radius 3 is 2.62 bits per heavy atom. The molecular weight excluding hydrogens is 413 g/mol. The predicted molar refractivity (Wildman–Crippen MR) is 109 cm³/mol. The topological polar surface area (TPSA) is 46.9 Å². The van der Waals surface area contributed by atoms with Crippen molar-refractivity contribution >= 4 is 57.2 Å². The Balaban J connectivity index is 1.90. The molecule has 0 bridgehead atoms. The van der Waals surface area contributed by atoms with Crippen LogP contribution < -0.4 is 5.32 Å². The number of benzene rings is 1. The molecule has 136 valence electrons. The van der Waals surface area contributed by atoms with E-state index in [1.165, 1.54) is 17.5 Å². The molecule has 0 saturated heterocycles. The standard InChI is InChI=1S/C18H16Cl3N3OS/c1-10(2)12-6-15(17(25)23-18-22-7-16(21)26-18)24(9-12)8-11-3-4-13(19)14(20)5-11/h3-7,9-10H,8H2,1-2H3,(H,22,23,25). The molecular formula is C18H16Cl3N3OS. The van der Waals surface area contributed by atoms with Crippen molar-refractivity contribution in [3.63, 3.8) is 0 Å². The van der Waals surface area contributed by atoms with E-state index in [0.29, 0.717) is 37.7 Å². The van der Waals surface area contributed by atoms with E-state index in [1.807, 2.05) is 22.9 Å². The first-order valence-corrected chi connectivity index (χ1v) is 9.85. The first-order valence-electron chi connectivity index (χ1n) is 7.90. The van der Waals surface area contributed by atoms with Gasteiger partial charge in [0.2, 0.25) is 0 Å². The number of halogens is 3. The van der Waals surface area contributed by atoms with Crippen molar-refractivity contribution in [2.45, 2.75) is 26.3 Å². The third-order valence-corrected chi connectivity index (χ3v) is 5.62. The van der Waals surface area contributed by atoms with Crippen LogP contribution in [-0.2, 0) is 6.54 Å². The molecule has 0 aliphatic carbocycles. The number of nitrogens with one attached hydrogen (secondary N) is 1. The molecule has 0 saturated carbocycles. The fourth-order valence-electron chi connectivity index (χ4n) is 2.48. The van der Waals surface area contributed by atoms with E-state index in [9.17, 15) is 4.79 Å². The zero-order chi connectivity index (χ0) is 18.8. The quantitative estimate of drug-likeness (QED) is 0.516. The molecule has 26 heavy (non-hydrogen) atoms. The zero-order valence-electron chi connectivity index (χ0n) is 14.1. The van der Waals surface area contributed by atoms with Crippen LogP contribution in [0.5, 0.6) is 0 Å². The summed E-state index contributed by atoms with van der Waals surface area (Å²) in [6.07, 6.45) is 3.49. The van der Waals surface area contributed by atoms with Crippen molar-refractivity contribution in [2.75, 3.05) is 5.32 Å². The molecule has 1 N–H and O–H groups in total. The smallest absolute Gasteiger partial charge is 0.274 e. The molecule has 0 fully saturated rings. The summed E-state index contributed by atoms with van der Waals surface area (Å²) in [6.45, 7) is 4.67. The summed E-state index contributed by atoms with van der Waals surface area (Å²) in [6, 6.07) is 7.35. The number of rotatable bonds is 5. The lowest BCUT2D eigenvalue weighted by Crippen LogP contribution is -2.17. The Hall–Kier alpha value is -1.53. The molecule has 4 nitrogen and oxygen atoms in total. The highest BCUT2D eigenvalue weighted by Gasteiger charge is 2.17. The van der Waals surface area contributed by atoms with Gasteiger partial charge in [0, 0.05) is 12.7 Å². The number of thiazole rings is 1. The van der Waals surface area contributed by atoms with Gasteiger partial charge in [0.05, 0.1) is 16.2 Å². The molecule has 3 aromatic rings. The van der Waals surface area contributed by atoms with E-state index in [4.69, 9.17) is 34.8 Å². The lowest BCUT2D eigenvalue weighted by atomic mass is 10.1. The molecule has 2 heterocycles. The van der Waals surface area contributed by atoms with E-state index < -0.39 is 0 Å². The normalized spacial score (nSPS) is 11.2. The lowest BCUT2D eigenvalue weighted by Gasteiger charge is -2.10. The summed E-state index contributed by atoms with van der Waals surface area (Å²) in [5.74, 6) is 0.0638. The average Bonchev–Trinajstić information content (AvgIpc) is 3.17. The Bertz CT molecular complexity index is 949. The van der Waals surface area contributed by atoms with Crippen LogP contribution in [0.3, 0.4) is 0 Å². The highest BCUT2D eigenvalue weighted by atomic mass is 35.5. The molecule has 0 unspecified atom stereocenters. The van der Waals surface area contributed by atoms with Crippen molar-refractivity contribution in [2.24, 2.45) is 0 Å². The Morgan fingerprint density at radius 2 is 2.00 bits per heavy atom. The molecule has 1 amide bonds. The fourth-order valence-corrected chi connectivity index (χ4v) is 3.61. The number of nitrogens with zero attached hydrogens (tertiary/aromatic N) is 2. The number of anilines is 1. The van der Waals surface area contributed by atoms with Crippen molar-refractivity contribution in [3.8, 4) is 0 Å². The first-order chi connectivity index (χ1) is 12.3. The van der Waals surface area contributed by atoms with Gasteiger partial charge in [0.15, 0.2) is 5.13 Å². The van der Waals surface area contributed by atoms with Gasteiger partial charge in [-0.2, -0.15) is 0 Å². The van der Waals surface area contributed by atoms with E-state index in [0.717, 1.165) is 11.1 Å². The summed E-state index contributed by atoms with van der Waals surface area (Å²) in [5.41, 5.74) is 2.58. The number of amides is 1. The Labute approximate surface area is 170 Å². The molecule has 3 rings (SSSR count). The molecule has 8 heteroatoms. The third kappa shape index (κ3) is 4.41.